The maximum absolute atomic E-state index is 12.6. The maximum Gasteiger partial charge on any atom is 0.347 e. The fourth-order valence-corrected chi connectivity index (χ4v) is 3.22. The molecule has 2 heterocycles. The number of aliphatic hydroxyl groups excluding tert-OH is 1. The van der Waals surface area contributed by atoms with E-state index in [1.54, 1.807) is 17.2 Å². The van der Waals surface area contributed by atoms with Crippen molar-refractivity contribution < 1.29 is 14.6 Å². The molecule has 1 unspecified atom stereocenters. The Labute approximate surface area is 151 Å². The highest BCUT2D eigenvalue weighted by Gasteiger charge is 2.38. The number of hydrogen-bond acceptors (Lipinski definition) is 5. The van der Waals surface area contributed by atoms with Crippen LogP contribution in [0.15, 0.2) is 47.5 Å². The molecule has 0 aliphatic carbocycles. The number of carbonyl (C=O) groups excluding carboxylic acids is 1. The number of benzene rings is 1. The molecule has 26 heavy (non-hydrogen) atoms. The summed E-state index contributed by atoms with van der Waals surface area (Å²) in [4.78, 5) is 29.7. The molecule has 3 rings (SSSR count). The minimum atomic E-state index is -0.833. The van der Waals surface area contributed by atoms with Crippen molar-refractivity contribution in [1.29, 1.82) is 0 Å². The lowest BCUT2D eigenvalue weighted by molar-refractivity contribution is -0.158. The average molecular weight is 357 g/mol. The Morgan fingerprint density at radius 1 is 1.35 bits per heavy atom. The van der Waals surface area contributed by atoms with Gasteiger partial charge in [0.2, 0.25) is 5.91 Å². The van der Waals surface area contributed by atoms with Gasteiger partial charge in [0.25, 0.3) is 0 Å². The third-order valence-corrected chi connectivity index (χ3v) is 4.75. The highest BCUT2D eigenvalue weighted by molar-refractivity contribution is 5.76. The van der Waals surface area contributed by atoms with Gasteiger partial charge in [0.15, 0.2) is 0 Å². The minimum Gasteiger partial charge on any atom is -0.393 e. The molecule has 2 aromatic rings. The summed E-state index contributed by atoms with van der Waals surface area (Å²) < 4.78 is 7.18. The van der Waals surface area contributed by atoms with Gasteiger partial charge in [-0.1, -0.05) is 24.3 Å². The van der Waals surface area contributed by atoms with Gasteiger partial charge in [-0.2, -0.15) is 0 Å². The summed E-state index contributed by atoms with van der Waals surface area (Å²) in [6.07, 6.45) is 3.46. The number of amides is 1. The van der Waals surface area contributed by atoms with Crippen LogP contribution in [0.2, 0.25) is 0 Å². The second-order valence-corrected chi connectivity index (χ2v) is 6.64. The van der Waals surface area contributed by atoms with Crippen LogP contribution < -0.4 is 5.69 Å². The monoisotopic (exact) mass is 357 g/mol. The Hall–Kier alpha value is -2.51. The van der Waals surface area contributed by atoms with Gasteiger partial charge in [-0.05, 0) is 24.1 Å². The van der Waals surface area contributed by atoms with Gasteiger partial charge < -0.3 is 14.7 Å². The summed E-state index contributed by atoms with van der Waals surface area (Å²) in [5, 5.41) is 10.00. The molecule has 0 saturated carbocycles. The van der Waals surface area contributed by atoms with Gasteiger partial charge in [0.05, 0.1) is 19.8 Å². The molecule has 1 aliphatic heterocycles. The van der Waals surface area contributed by atoms with E-state index >= 15 is 0 Å². The van der Waals surface area contributed by atoms with Gasteiger partial charge in [0, 0.05) is 25.4 Å². The lowest BCUT2D eigenvalue weighted by Gasteiger charge is -2.42. The first-order valence-electron chi connectivity index (χ1n) is 8.61. The molecule has 7 nitrogen and oxygen atoms in total. The van der Waals surface area contributed by atoms with Crippen molar-refractivity contribution in [3.8, 4) is 0 Å². The van der Waals surface area contributed by atoms with Crippen molar-refractivity contribution in [1.82, 2.24) is 14.5 Å². The topological polar surface area (TPSA) is 84.7 Å². The predicted octanol–water partition coefficient (Wildman–Crippen LogP) is 0.384. The van der Waals surface area contributed by atoms with Crippen LogP contribution in [0.25, 0.3) is 0 Å². The third kappa shape index (κ3) is 4.00. The van der Waals surface area contributed by atoms with E-state index < -0.39 is 11.3 Å². The number of hydrogen-bond donors (Lipinski definition) is 1. The fraction of sp³-hybridized carbons (Fsp3) is 0.421. The van der Waals surface area contributed by atoms with Crippen molar-refractivity contribution >= 4 is 5.91 Å². The molecule has 0 spiro atoms. The molecule has 1 amide bonds. The van der Waals surface area contributed by atoms with Crippen molar-refractivity contribution in [2.24, 2.45) is 0 Å². The van der Waals surface area contributed by atoms with Gasteiger partial charge in [-0.15, -0.1) is 0 Å². The summed E-state index contributed by atoms with van der Waals surface area (Å²) in [5.41, 5.74) is 0.913. The number of carbonyl (C=O) groups is 1. The van der Waals surface area contributed by atoms with Crippen LogP contribution in [-0.4, -0.2) is 57.4 Å². The number of aryl methyl sites for hydroxylation is 1. The Kier molecular flexibility index (Phi) is 5.49. The molecule has 1 N–H and O–H groups in total. The minimum absolute atomic E-state index is 0.0709. The SMILES string of the molecule is Cc1ccccc1CC1(CO)CN(C(=O)Cn2cccnc2=O)CCO1. The van der Waals surface area contributed by atoms with E-state index in [-0.39, 0.29) is 25.6 Å². The molecular formula is C19H23N3O4. The quantitative estimate of drug-likeness (QED) is 0.837. The van der Waals surface area contributed by atoms with Gasteiger partial charge in [-0.3, -0.25) is 9.36 Å². The molecule has 1 aliphatic rings. The highest BCUT2D eigenvalue weighted by atomic mass is 16.5. The first-order valence-corrected chi connectivity index (χ1v) is 8.61. The van der Waals surface area contributed by atoms with Gasteiger partial charge in [0.1, 0.15) is 12.1 Å². The molecule has 0 radical (unpaired) electrons. The summed E-state index contributed by atoms with van der Waals surface area (Å²) in [5.74, 6) is -0.189. The Morgan fingerprint density at radius 2 is 2.15 bits per heavy atom. The molecule has 1 fully saturated rings. The van der Waals surface area contributed by atoms with E-state index in [4.69, 9.17) is 4.74 Å². The Morgan fingerprint density at radius 3 is 2.88 bits per heavy atom. The molecule has 1 saturated heterocycles. The van der Waals surface area contributed by atoms with Gasteiger partial charge >= 0.3 is 5.69 Å². The molecule has 1 aromatic carbocycles. The number of morpholine rings is 1. The van der Waals surface area contributed by atoms with Crippen LogP contribution >= 0.6 is 0 Å². The van der Waals surface area contributed by atoms with Crippen LogP contribution in [0.3, 0.4) is 0 Å². The number of aromatic nitrogens is 2. The maximum atomic E-state index is 12.6. The smallest absolute Gasteiger partial charge is 0.347 e. The standard InChI is InChI=1S/C19H23N3O4/c1-15-5-2-3-6-16(15)11-19(14-23)13-22(9-10-26-19)17(24)12-21-8-4-7-20-18(21)25/h2-8,23H,9-14H2,1H3. The lowest BCUT2D eigenvalue weighted by Crippen LogP contribution is -2.57. The van der Waals surface area contributed by atoms with E-state index in [2.05, 4.69) is 4.98 Å². The summed E-state index contributed by atoms with van der Waals surface area (Å²) in [6.45, 7) is 2.83. The van der Waals surface area contributed by atoms with Crippen LogP contribution in [0.1, 0.15) is 11.1 Å². The predicted molar refractivity (Wildman–Crippen MR) is 95.7 cm³/mol. The Balaban J connectivity index is 1.74. The van der Waals surface area contributed by atoms with Gasteiger partial charge in [-0.25, -0.2) is 9.78 Å². The summed E-state index contributed by atoms with van der Waals surface area (Å²) >= 11 is 0. The van der Waals surface area contributed by atoms with E-state index in [1.165, 1.54) is 10.8 Å². The lowest BCUT2D eigenvalue weighted by atomic mass is 9.91. The molecule has 1 aromatic heterocycles. The normalized spacial score (nSPS) is 20.2. The number of ether oxygens (including phenoxy) is 1. The van der Waals surface area contributed by atoms with Crippen LogP contribution in [0, 0.1) is 6.92 Å². The van der Waals surface area contributed by atoms with Crippen molar-refractivity contribution in [3.63, 3.8) is 0 Å². The second-order valence-electron chi connectivity index (χ2n) is 6.64. The molecular weight excluding hydrogens is 334 g/mol. The zero-order chi connectivity index (χ0) is 18.6. The molecule has 0 bridgehead atoms. The van der Waals surface area contributed by atoms with Crippen LogP contribution in [-0.2, 0) is 22.5 Å². The van der Waals surface area contributed by atoms with E-state index in [9.17, 15) is 14.7 Å². The van der Waals surface area contributed by atoms with E-state index in [1.807, 2.05) is 31.2 Å². The second kappa shape index (κ2) is 7.80. The zero-order valence-corrected chi connectivity index (χ0v) is 14.8. The van der Waals surface area contributed by atoms with E-state index in [0.29, 0.717) is 19.6 Å². The number of aliphatic hydroxyl groups is 1. The fourth-order valence-electron chi connectivity index (χ4n) is 3.22. The highest BCUT2D eigenvalue weighted by Crippen LogP contribution is 2.24. The van der Waals surface area contributed by atoms with Crippen LogP contribution in [0.4, 0.5) is 0 Å². The van der Waals surface area contributed by atoms with Crippen molar-refractivity contribution in [2.75, 3.05) is 26.3 Å². The van der Waals surface area contributed by atoms with E-state index in [0.717, 1.165) is 11.1 Å². The number of nitrogens with zero attached hydrogens (tertiary/aromatic N) is 3. The molecule has 138 valence electrons. The molecule has 1 atom stereocenters. The molecule has 7 heteroatoms. The third-order valence-electron chi connectivity index (χ3n) is 4.75. The summed E-state index contributed by atoms with van der Waals surface area (Å²) in [6, 6.07) is 9.55. The number of rotatable bonds is 5. The van der Waals surface area contributed by atoms with Crippen LogP contribution in [0.5, 0.6) is 0 Å². The first-order chi connectivity index (χ1) is 12.5. The zero-order valence-electron chi connectivity index (χ0n) is 14.8. The Bertz CT molecular complexity index is 835. The van der Waals surface area contributed by atoms with Crippen molar-refractivity contribution in [3.05, 3.63) is 64.3 Å². The largest absolute Gasteiger partial charge is 0.393 e. The van der Waals surface area contributed by atoms with Crippen molar-refractivity contribution in [2.45, 2.75) is 25.5 Å². The average Bonchev–Trinajstić information content (AvgIpc) is 2.66. The summed E-state index contributed by atoms with van der Waals surface area (Å²) in [7, 11) is 0. The first kappa shape index (κ1) is 18.3.